The first-order valence-corrected chi connectivity index (χ1v) is 7.81. The molecule has 5 nitrogen and oxygen atoms in total. The minimum absolute atomic E-state index is 0.189. The number of rotatable bonds is 6. The third kappa shape index (κ3) is 3.57. The van der Waals surface area contributed by atoms with E-state index in [1.807, 2.05) is 13.1 Å². The fraction of sp³-hybridized carbons (Fsp3) is 0.308. The molecule has 0 atom stereocenters. The standard InChI is InChI=1S/C13H17N3O2S/c1-2-7-19(17,18)13-5-3-12(4-6-13)14-8-11-9-15-16-10-11/h3-6,9-10,14H,2,7-8H2,1H3,(H,15,16). The van der Waals surface area contributed by atoms with Crippen molar-refractivity contribution in [2.24, 2.45) is 0 Å². The largest absolute Gasteiger partial charge is 0.381 e. The molecular weight excluding hydrogens is 262 g/mol. The number of nitrogens with one attached hydrogen (secondary N) is 2. The van der Waals surface area contributed by atoms with Crippen molar-refractivity contribution in [2.45, 2.75) is 24.8 Å². The lowest BCUT2D eigenvalue weighted by atomic mass is 10.3. The molecular formula is C13H17N3O2S. The van der Waals surface area contributed by atoms with E-state index in [0.717, 1.165) is 11.3 Å². The second-order valence-electron chi connectivity index (χ2n) is 4.30. The minimum atomic E-state index is -3.13. The molecule has 6 heteroatoms. The van der Waals surface area contributed by atoms with Crippen LogP contribution in [0.25, 0.3) is 0 Å². The summed E-state index contributed by atoms with van der Waals surface area (Å²) >= 11 is 0. The lowest BCUT2D eigenvalue weighted by Crippen LogP contribution is -2.06. The summed E-state index contributed by atoms with van der Waals surface area (Å²) in [5, 5.41) is 9.80. The predicted molar refractivity (Wildman–Crippen MR) is 74.7 cm³/mol. The van der Waals surface area contributed by atoms with E-state index in [4.69, 9.17) is 0 Å². The van der Waals surface area contributed by atoms with Gasteiger partial charge in [0.25, 0.3) is 0 Å². The molecule has 0 aliphatic rings. The fourth-order valence-corrected chi connectivity index (χ4v) is 3.07. The number of hydrogen-bond donors (Lipinski definition) is 2. The number of sulfone groups is 1. The van der Waals surface area contributed by atoms with Crippen LogP contribution in [0.5, 0.6) is 0 Å². The summed E-state index contributed by atoms with van der Waals surface area (Å²) in [5.74, 6) is 0.189. The molecule has 0 spiro atoms. The topological polar surface area (TPSA) is 74.8 Å². The molecule has 1 heterocycles. The normalized spacial score (nSPS) is 11.4. The molecule has 0 radical (unpaired) electrons. The maximum atomic E-state index is 11.9. The van der Waals surface area contributed by atoms with Gasteiger partial charge >= 0.3 is 0 Å². The van der Waals surface area contributed by atoms with E-state index in [2.05, 4.69) is 15.5 Å². The summed E-state index contributed by atoms with van der Waals surface area (Å²) in [6.07, 6.45) is 4.18. The van der Waals surface area contributed by atoms with Crippen LogP contribution in [0, 0.1) is 0 Å². The van der Waals surface area contributed by atoms with Gasteiger partial charge in [0.15, 0.2) is 9.84 Å². The summed E-state index contributed by atoms with van der Waals surface area (Å²) < 4.78 is 23.7. The van der Waals surface area contributed by atoms with Gasteiger partial charge in [-0.1, -0.05) is 6.92 Å². The number of hydrogen-bond acceptors (Lipinski definition) is 4. The Bertz CT molecular complexity index is 604. The first kappa shape index (κ1) is 13.6. The third-order valence-electron chi connectivity index (χ3n) is 2.74. The smallest absolute Gasteiger partial charge is 0.178 e. The van der Waals surface area contributed by atoms with Gasteiger partial charge in [0.05, 0.1) is 16.8 Å². The van der Waals surface area contributed by atoms with Crippen LogP contribution in [-0.2, 0) is 16.4 Å². The van der Waals surface area contributed by atoms with E-state index in [9.17, 15) is 8.42 Å². The minimum Gasteiger partial charge on any atom is -0.381 e. The molecule has 0 aliphatic heterocycles. The van der Waals surface area contributed by atoms with E-state index < -0.39 is 9.84 Å². The molecule has 1 aromatic heterocycles. The van der Waals surface area contributed by atoms with Crippen molar-refractivity contribution in [3.05, 3.63) is 42.2 Å². The van der Waals surface area contributed by atoms with Gasteiger partial charge in [0.2, 0.25) is 0 Å². The van der Waals surface area contributed by atoms with Gasteiger partial charge in [-0.15, -0.1) is 0 Å². The van der Waals surface area contributed by atoms with Crippen LogP contribution >= 0.6 is 0 Å². The Morgan fingerprint density at radius 3 is 2.58 bits per heavy atom. The SMILES string of the molecule is CCCS(=O)(=O)c1ccc(NCc2cn[nH]c2)cc1. The number of aromatic amines is 1. The number of aromatic nitrogens is 2. The first-order valence-electron chi connectivity index (χ1n) is 6.16. The molecule has 0 amide bonds. The molecule has 0 bridgehead atoms. The molecule has 102 valence electrons. The molecule has 2 N–H and O–H groups in total. The number of H-pyrrole nitrogens is 1. The Morgan fingerprint density at radius 1 is 1.26 bits per heavy atom. The van der Waals surface area contributed by atoms with Crippen LogP contribution in [0.2, 0.25) is 0 Å². The zero-order valence-electron chi connectivity index (χ0n) is 10.8. The molecule has 0 saturated carbocycles. The van der Waals surface area contributed by atoms with Crippen molar-refractivity contribution in [1.82, 2.24) is 10.2 Å². The van der Waals surface area contributed by atoms with E-state index in [0.29, 0.717) is 17.9 Å². The Kier molecular flexibility index (Phi) is 4.21. The zero-order chi connectivity index (χ0) is 13.7. The van der Waals surface area contributed by atoms with Crippen LogP contribution in [0.4, 0.5) is 5.69 Å². The summed E-state index contributed by atoms with van der Waals surface area (Å²) in [6, 6.07) is 6.84. The number of benzene rings is 1. The summed E-state index contributed by atoms with van der Waals surface area (Å²) in [4.78, 5) is 0.378. The molecule has 2 aromatic rings. The van der Waals surface area contributed by atoms with Crippen LogP contribution in [0.3, 0.4) is 0 Å². The van der Waals surface area contributed by atoms with Gasteiger partial charge in [-0.05, 0) is 30.7 Å². The highest BCUT2D eigenvalue weighted by atomic mass is 32.2. The van der Waals surface area contributed by atoms with Crippen molar-refractivity contribution in [3.8, 4) is 0 Å². The van der Waals surface area contributed by atoms with Crippen LogP contribution in [0.15, 0.2) is 41.6 Å². The second kappa shape index (κ2) is 5.88. The highest BCUT2D eigenvalue weighted by Gasteiger charge is 2.12. The molecule has 0 unspecified atom stereocenters. The van der Waals surface area contributed by atoms with Gasteiger partial charge in [-0.3, -0.25) is 5.10 Å². The second-order valence-corrected chi connectivity index (χ2v) is 6.41. The van der Waals surface area contributed by atoms with Crippen LogP contribution in [-0.4, -0.2) is 24.4 Å². The summed E-state index contributed by atoms with van der Waals surface area (Å²) in [5.41, 5.74) is 1.93. The highest BCUT2D eigenvalue weighted by molar-refractivity contribution is 7.91. The molecule has 0 aliphatic carbocycles. The number of nitrogens with zero attached hydrogens (tertiary/aromatic N) is 1. The van der Waals surface area contributed by atoms with Crippen molar-refractivity contribution in [3.63, 3.8) is 0 Å². The third-order valence-corrected chi connectivity index (χ3v) is 4.67. The molecule has 0 saturated heterocycles. The number of anilines is 1. The monoisotopic (exact) mass is 279 g/mol. The Balaban J connectivity index is 2.02. The van der Waals surface area contributed by atoms with Gasteiger partial charge in [-0.2, -0.15) is 5.10 Å². The zero-order valence-corrected chi connectivity index (χ0v) is 11.6. The maximum absolute atomic E-state index is 11.9. The van der Waals surface area contributed by atoms with Crippen LogP contribution < -0.4 is 5.32 Å². The lowest BCUT2D eigenvalue weighted by molar-refractivity contribution is 0.595. The molecule has 2 rings (SSSR count). The van der Waals surface area contributed by atoms with Gasteiger partial charge in [0, 0.05) is 24.0 Å². The predicted octanol–water partition coefficient (Wildman–Crippen LogP) is 2.21. The first-order chi connectivity index (χ1) is 9.12. The quantitative estimate of drug-likeness (QED) is 0.850. The van der Waals surface area contributed by atoms with Crippen LogP contribution in [0.1, 0.15) is 18.9 Å². The summed E-state index contributed by atoms with van der Waals surface area (Å²) in [6.45, 7) is 2.51. The van der Waals surface area contributed by atoms with Crippen molar-refractivity contribution in [1.29, 1.82) is 0 Å². The van der Waals surface area contributed by atoms with Gasteiger partial charge in [-0.25, -0.2) is 8.42 Å². The van der Waals surface area contributed by atoms with E-state index in [1.54, 1.807) is 30.5 Å². The van der Waals surface area contributed by atoms with E-state index in [1.165, 1.54) is 0 Å². The Hall–Kier alpha value is -1.82. The Labute approximate surface area is 113 Å². The van der Waals surface area contributed by atoms with Crippen molar-refractivity contribution < 1.29 is 8.42 Å². The summed E-state index contributed by atoms with van der Waals surface area (Å²) in [7, 11) is -3.13. The highest BCUT2D eigenvalue weighted by Crippen LogP contribution is 2.16. The molecule has 0 fully saturated rings. The Morgan fingerprint density at radius 2 is 2.00 bits per heavy atom. The maximum Gasteiger partial charge on any atom is 0.178 e. The molecule has 19 heavy (non-hydrogen) atoms. The van der Waals surface area contributed by atoms with Crippen molar-refractivity contribution >= 4 is 15.5 Å². The van der Waals surface area contributed by atoms with Crippen molar-refractivity contribution in [2.75, 3.05) is 11.1 Å². The average molecular weight is 279 g/mol. The van der Waals surface area contributed by atoms with E-state index in [-0.39, 0.29) is 5.75 Å². The fourth-order valence-electron chi connectivity index (χ4n) is 1.75. The average Bonchev–Trinajstić information content (AvgIpc) is 2.90. The van der Waals surface area contributed by atoms with Gasteiger partial charge < -0.3 is 5.32 Å². The lowest BCUT2D eigenvalue weighted by Gasteiger charge is -2.07. The van der Waals surface area contributed by atoms with E-state index >= 15 is 0 Å². The molecule has 1 aromatic carbocycles. The van der Waals surface area contributed by atoms with Gasteiger partial charge in [0.1, 0.15) is 0 Å².